The summed E-state index contributed by atoms with van der Waals surface area (Å²) in [7, 11) is 0. The molecule has 34 heavy (non-hydrogen) atoms. The maximum atomic E-state index is 14.8. The number of hydrogen-bond acceptors (Lipinski definition) is 3. The Kier molecular flexibility index (Phi) is 5.86. The highest BCUT2D eigenvalue weighted by atomic mass is 35.5. The van der Waals surface area contributed by atoms with Crippen LogP contribution in [0.25, 0.3) is 0 Å². The van der Waals surface area contributed by atoms with Crippen LogP contribution in [-0.4, -0.2) is 23.6 Å². The minimum absolute atomic E-state index is 0.0519. The first-order valence-electron chi connectivity index (χ1n) is 10.3. The summed E-state index contributed by atoms with van der Waals surface area (Å²) in [5, 5.41) is 6.21. The zero-order chi connectivity index (χ0) is 25.1. The number of hydrogen-bond donors (Lipinski definition) is 1. The van der Waals surface area contributed by atoms with Gasteiger partial charge in [0.1, 0.15) is 5.82 Å². The molecule has 0 aromatic heterocycles. The van der Waals surface area contributed by atoms with Crippen LogP contribution in [-0.2, 0) is 16.6 Å². The van der Waals surface area contributed by atoms with Crippen molar-refractivity contribution in [3.63, 3.8) is 0 Å². The predicted molar refractivity (Wildman–Crippen MR) is 113 cm³/mol. The van der Waals surface area contributed by atoms with Crippen LogP contribution in [0.4, 0.5) is 26.3 Å². The lowest BCUT2D eigenvalue weighted by Crippen LogP contribution is -2.50. The fourth-order valence-electron chi connectivity index (χ4n) is 4.14. The number of benzene rings is 2. The number of oxime groups is 1. The van der Waals surface area contributed by atoms with E-state index in [0.717, 1.165) is 6.07 Å². The molecule has 2 aliphatic rings. The molecule has 0 spiro atoms. The summed E-state index contributed by atoms with van der Waals surface area (Å²) >= 11 is 5.82. The molecule has 1 aliphatic carbocycles. The van der Waals surface area contributed by atoms with Gasteiger partial charge >= 0.3 is 6.18 Å². The molecule has 4 rings (SSSR count). The standard InChI is InChI=1S/C23H19ClF6N2O2/c1-11-5-12(3-4-15(11)20(33)31-14-8-22(26,27)9-14)18-10-21(2,34-32-18)16-6-13(24)7-17(19(16)25)23(28,29)30/h3-7,14H,8-10H2,1-2H3,(H,31,33). The molecule has 182 valence electrons. The summed E-state index contributed by atoms with van der Waals surface area (Å²) in [5.41, 5.74) is -1.73. The highest BCUT2D eigenvalue weighted by Crippen LogP contribution is 2.43. The molecule has 1 fully saturated rings. The molecule has 1 unspecified atom stereocenters. The van der Waals surface area contributed by atoms with Crippen LogP contribution in [0, 0.1) is 12.7 Å². The summed E-state index contributed by atoms with van der Waals surface area (Å²) in [6.07, 6.45) is -5.80. The fraction of sp³-hybridized carbons (Fsp3) is 0.391. The summed E-state index contributed by atoms with van der Waals surface area (Å²) in [6, 6.07) is 5.67. The van der Waals surface area contributed by atoms with Crippen molar-refractivity contribution in [3.8, 4) is 0 Å². The Balaban J connectivity index is 1.53. The second kappa shape index (κ2) is 8.18. The summed E-state index contributed by atoms with van der Waals surface area (Å²) < 4.78 is 80.4. The second-order valence-electron chi connectivity index (χ2n) is 8.81. The minimum atomic E-state index is -4.94. The maximum absolute atomic E-state index is 14.8. The van der Waals surface area contributed by atoms with Gasteiger partial charge in [0.25, 0.3) is 11.8 Å². The fourth-order valence-corrected chi connectivity index (χ4v) is 4.36. The molecule has 1 aliphatic heterocycles. The third kappa shape index (κ3) is 4.60. The van der Waals surface area contributed by atoms with E-state index in [2.05, 4.69) is 10.5 Å². The number of halogens is 7. The Bertz CT molecular complexity index is 1190. The van der Waals surface area contributed by atoms with Crippen molar-refractivity contribution >= 4 is 23.2 Å². The Morgan fingerprint density at radius 3 is 2.47 bits per heavy atom. The quantitative estimate of drug-likeness (QED) is 0.492. The minimum Gasteiger partial charge on any atom is -0.384 e. The lowest BCUT2D eigenvalue weighted by atomic mass is 9.86. The zero-order valence-corrected chi connectivity index (χ0v) is 18.8. The van der Waals surface area contributed by atoms with Gasteiger partial charge in [-0.05, 0) is 49.2 Å². The number of aryl methyl sites for hydroxylation is 1. The van der Waals surface area contributed by atoms with E-state index in [1.54, 1.807) is 19.1 Å². The molecule has 1 amide bonds. The number of amides is 1. The Morgan fingerprint density at radius 2 is 1.88 bits per heavy atom. The molecule has 1 heterocycles. The second-order valence-corrected chi connectivity index (χ2v) is 9.25. The molecular formula is C23H19ClF6N2O2. The monoisotopic (exact) mass is 504 g/mol. The molecule has 0 saturated heterocycles. The predicted octanol–water partition coefficient (Wildman–Crippen LogP) is 6.37. The van der Waals surface area contributed by atoms with Crippen LogP contribution in [0.5, 0.6) is 0 Å². The third-order valence-corrected chi connectivity index (χ3v) is 6.22. The largest absolute Gasteiger partial charge is 0.419 e. The Hall–Kier alpha value is -2.75. The van der Waals surface area contributed by atoms with Crippen LogP contribution in [0.2, 0.25) is 5.02 Å². The maximum Gasteiger partial charge on any atom is 0.419 e. The highest BCUT2D eigenvalue weighted by Gasteiger charge is 2.46. The molecular weight excluding hydrogens is 486 g/mol. The molecule has 1 atom stereocenters. The number of nitrogens with one attached hydrogen (secondary N) is 1. The Labute approximate surface area is 195 Å². The molecule has 0 bridgehead atoms. The number of nitrogens with zero attached hydrogens (tertiary/aromatic N) is 1. The third-order valence-electron chi connectivity index (χ3n) is 6.00. The average molecular weight is 505 g/mol. The SMILES string of the molecule is Cc1cc(C2=NOC(C)(c3cc(Cl)cc(C(F)(F)F)c3F)C2)ccc1C(=O)NC1CC(F)(F)C1. The van der Waals surface area contributed by atoms with Crippen molar-refractivity contribution in [2.45, 2.75) is 56.9 Å². The van der Waals surface area contributed by atoms with Gasteiger partial charge in [-0.1, -0.05) is 22.8 Å². The van der Waals surface area contributed by atoms with Gasteiger partial charge in [-0.2, -0.15) is 13.2 Å². The first kappa shape index (κ1) is 24.4. The first-order valence-corrected chi connectivity index (χ1v) is 10.7. The van der Waals surface area contributed by atoms with Gasteiger partial charge in [-0.25, -0.2) is 13.2 Å². The van der Waals surface area contributed by atoms with Crippen molar-refractivity contribution in [1.29, 1.82) is 0 Å². The van der Waals surface area contributed by atoms with E-state index in [9.17, 15) is 31.1 Å². The van der Waals surface area contributed by atoms with Gasteiger partial charge in [-0.3, -0.25) is 4.79 Å². The summed E-state index contributed by atoms with van der Waals surface area (Å²) in [4.78, 5) is 17.8. The van der Waals surface area contributed by atoms with Crippen molar-refractivity contribution in [3.05, 3.63) is 69.0 Å². The van der Waals surface area contributed by atoms with E-state index in [4.69, 9.17) is 16.4 Å². The normalized spacial score (nSPS) is 22.1. The number of carbonyl (C=O) groups excluding carboxylic acids is 1. The van der Waals surface area contributed by atoms with Gasteiger partial charge in [0.15, 0.2) is 5.60 Å². The first-order chi connectivity index (χ1) is 15.7. The van der Waals surface area contributed by atoms with E-state index < -0.39 is 53.9 Å². The van der Waals surface area contributed by atoms with Gasteiger partial charge in [0.2, 0.25) is 0 Å². The van der Waals surface area contributed by atoms with E-state index in [1.165, 1.54) is 13.0 Å². The summed E-state index contributed by atoms with van der Waals surface area (Å²) in [6.45, 7) is 3.05. The van der Waals surface area contributed by atoms with Crippen molar-refractivity contribution in [1.82, 2.24) is 5.32 Å². The van der Waals surface area contributed by atoms with E-state index in [-0.39, 0.29) is 22.6 Å². The van der Waals surface area contributed by atoms with Gasteiger partial charge in [0.05, 0.1) is 11.3 Å². The van der Waals surface area contributed by atoms with Crippen LogP contribution >= 0.6 is 11.6 Å². The zero-order valence-electron chi connectivity index (χ0n) is 18.0. The summed E-state index contributed by atoms with van der Waals surface area (Å²) in [5.74, 6) is -4.73. The molecule has 4 nitrogen and oxygen atoms in total. The number of alkyl halides is 5. The van der Waals surface area contributed by atoms with E-state index in [1.807, 2.05) is 0 Å². The molecule has 1 saturated carbocycles. The number of rotatable bonds is 4. The van der Waals surface area contributed by atoms with Crippen LogP contribution < -0.4 is 5.32 Å². The van der Waals surface area contributed by atoms with E-state index in [0.29, 0.717) is 22.9 Å². The molecule has 11 heteroatoms. The topological polar surface area (TPSA) is 50.7 Å². The molecule has 1 N–H and O–H groups in total. The van der Waals surface area contributed by atoms with Crippen LogP contribution in [0.3, 0.4) is 0 Å². The lowest BCUT2D eigenvalue weighted by molar-refractivity contribution is -0.140. The van der Waals surface area contributed by atoms with Crippen LogP contribution in [0.1, 0.15) is 58.8 Å². The Morgan fingerprint density at radius 1 is 1.21 bits per heavy atom. The molecule has 2 aromatic rings. The smallest absolute Gasteiger partial charge is 0.384 e. The van der Waals surface area contributed by atoms with Gasteiger partial charge in [-0.15, -0.1) is 0 Å². The van der Waals surface area contributed by atoms with Crippen molar-refractivity contribution in [2.75, 3.05) is 0 Å². The van der Waals surface area contributed by atoms with Crippen LogP contribution in [0.15, 0.2) is 35.5 Å². The number of carbonyl (C=O) groups is 1. The highest BCUT2D eigenvalue weighted by molar-refractivity contribution is 6.30. The van der Waals surface area contributed by atoms with Gasteiger partial charge in [0, 0.05) is 41.5 Å². The van der Waals surface area contributed by atoms with E-state index >= 15 is 0 Å². The van der Waals surface area contributed by atoms with Gasteiger partial charge < -0.3 is 10.2 Å². The van der Waals surface area contributed by atoms with Crippen molar-refractivity contribution in [2.24, 2.45) is 5.16 Å². The molecule has 0 radical (unpaired) electrons. The lowest BCUT2D eigenvalue weighted by Gasteiger charge is -2.35. The average Bonchev–Trinajstić information content (AvgIpc) is 3.10. The molecule has 2 aromatic carbocycles. The van der Waals surface area contributed by atoms with Crippen molar-refractivity contribution < 1.29 is 36.0 Å².